The molecule has 1 heterocycles. The van der Waals surface area contributed by atoms with Gasteiger partial charge in [-0.1, -0.05) is 54.6 Å². The second kappa shape index (κ2) is 8.50. The first-order chi connectivity index (χ1) is 13.7. The highest BCUT2D eigenvalue weighted by Crippen LogP contribution is 2.29. The lowest BCUT2D eigenvalue weighted by atomic mass is 10.0. The van der Waals surface area contributed by atoms with Crippen molar-refractivity contribution in [2.45, 2.75) is 4.90 Å². The molecule has 3 aromatic carbocycles. The van der Waals surface area contributed by atoms with Crippen molar-refractivity contribution in [3.8, 4) is 11.1 Å². The fourth-order valence-corrected chi connectivity index (χ4v) is 4.06. The van der Waals surface area contributed by atoms with Crippen molar-refractivity contribution in [3.05, 3.63) is 89.3 Å². The van der Waals surface area contributed by atoms with Gasteiger partial charge in [-0.05, 0) is 65.0 Å². The van der Waals surface area contributed by atoms with Gasteiger partial charge >= 0.3 is 0 Å². The molecule has 28 heavy (non-hydrogen) atoms. The second-order valence-corrected chi connectivity index (χ2v) is 8.08. The summed E-state index contributed by atoms with van der Waals surface area (Å²) in [7, 11) is 0. The minimum Gasteiger partial charge on any atom is -0.300 e. The Labute approximate surface area is 173 Å². The Bertz CT molecular complexity index is 1040. The van der Waals surface area contributed by atoms with Crippen molar-refractivity contribution < 1.29 is 4.79 Å². The molecule has 138 valence electrons. The highest BCUT2D eigenvalue weighted by Gasteiger charge is 2.23. The molecular weight excluding hydrogens is 384 g/mol. The minimum absolute atomic E-state index is 0.114. The Balaban J connectivity index is 1.51. The van der Waals surface area contributed by atoms with Crippen LogP contribution in [0, 0.1) is 0 Å². The van der Waals surface area contributed by atoms with Crippen LogP contribution in [0.4, 0.5) is 5.69 Å². The van der Waals surface area contributed by atoms with Crippen LogP contribution in [0.2, 0.25) is 0 Å². The first-order valence-electron chi connectivity index (χ1n) is 8.80. The lowest BCUT2D eigenvalue weighted by Gasteiger charge is -2.04. The molecule has 0 atom stereocenters. The van der Waals surface area contributed by atoms with Crippen molar-refractivity contribution in [1.82, 2.24) is 5.32 Å². The number of amides is 1. The van der Waals surface area contributed by atoms with E-state index in [0.717, 1.165) is 16.8 Å². The fraction of sp³-hybridized carbons (Fsp3) is 0.0435. The summed E-state index contributed by atoms with van der Waals surface area (Å²) in [6, 6.07) is 26.4. The molecule has 0 aliphatic carbocycles. The summed E-state index contributed by atoms with van der Waals surface area (Å²) in [5.74, 6) is -0.114. The van der Waals surface area contributed by atoms with E-state index in [2.05, 4.69) is 53.0 Å². The third-order valence-electron chi connectivity index (χ3n) is 4.27. The van der Waals surface area contributed by atoms with Gasteiger partial charge in [0.05, 0.1) is 10.6 Å². The zero-order chi connectivity index (χ0) is 19.3. The maximum atomic E-state index is 12.2. The first kappa shape index (κ1) is 18.6. The molecule has 5 heteroatoms. The van der Waals surface area contributed by atoms with Gasteiger partial charge in [-0.25, -0.2) is 4.99 Å². The van der Waals surface area contributed by atoms with E-state index in [4.69, 9.17) is 0 Å². The van der Waals surface area contributed by atoms with Crippen LogP contribution >= 0.6 is 23.5 Å². The number of para-hydroxylation sites is 1. The average Bonchev–Trinajstić information content (AvgIpc) is 3.08. The van der Waals surface area contributed by atoms with E-state index in [-0.39, 0.29) is 5.91 Å². The smallest absolute Gasteiger partial charge is 0.264 e. The molecule has 0 unspecified atom stereocenters. The van der Waals surface area contributed by atoms with Crippen LogP contribution in [0.3, 0.4) is 0 Å². The predicted octanol–water partition coefficient (Wildman–Crippen LogP) is 5.97. The molecular formula is C23H18N2OS2. The molecule has 0 spiro atoms. The number of carbonyl (C=O) groups excluding carboxylic acids is 1. The van der Waals surface area contributed by atoms with Crippen molar-refractivity contribution >= 4 is 46.4 Å². The van der Waals surface area contributed by atoms with Crippen molar-refractivity contribution in [3.63, 3.8) is 0 Å². The SMILES string of the molecule is CSc1ccc(-c2ccc(/C=C3/SC(=Nc4ccccc4)NC3=O)cc2)cc1. The molecule has 1 aliphatic rings. The monoisotopic (exact) mass is 402 g/mol. The van der Waals surface area contributed by atoms with Crippen molar-refractivity contribution in [2.24, 2.45) is 4.99 Å². The topological polar surface area (TPSA) is 41.5 Å². The molecule has 0 aromatic heterocycles. The van der Waals surface area contributed by atoms with E-state index in [1.807, 2.05) is 48.5 Å². The zero-order valence-corrected chi connectivity index (χ0v) is 16.9. The van der Waals surface area contributed by atoms with E-state index < -0.39 is 0 Å². The van der Waals surface area contributed by atoms with Gasteiger partial charge in [0, 0.05) is 4.90 Å². The maximum absolute atomic E-state index is 12.2. The lowest BCUT2D eigenvalue weighted by Crippen LogP contribution is -2.19. The van der Waals surface area contributed by atoms with Gasteiger partial charge in [0.25, 0.3) is 5.91 Å². The van der Waals surface area contributed by atoms with Gasteiger partial charge in [0.15, 0.2) is 5.17 Å². The summed E-state index contributed by atoms with van der Waals surface area (Å²) in [6.45, 7) is 0. The van der Waals surface area contributed by atoms with E-state index in [1.54, 1.807) is 11.8 Å². The summed E-state index contributed by atoms with van der Waals surface area (Å²) >= 11 is 3.10. The van der Waals surface area contributed by atoms with Crippen molar-refractivity contribution in [2.75, 3.05) is 6.26 Å². The Kier molecular flexibility index (Phi) is 5.65. The quantitative estimate of drug-likeness (QED) is 0.432. The summed E-state index contributed by atoms with van der Waals surface area (Å²) in [6.07, 6.45) is 3.97. The molecule has 1 saturated heterocycles. The molecule has 3 nitrogen and oxygen atoms in total. The number of nitrogens with one attached hydrogen (secondary N) is 1. The van der Waals surface area contributed by atoms with Crippen LogP contribution in [0.1, 0.15) is 5.56 Å². The Morgan fingerprint density at radius 2 is 1.54 bits per heavy atom. The number of thioether (sulfide) groups is 2. The van der Waals surface area contributed by atoms with Gasteiger partial charge < -0.3 is 5.32 Å². The van der Waals surface area contributed by atoms with Crippen LogP contribution in [-0.4, -0.2) is 17.3 Å². The van der Waals surface area contributed by atoms with E-state index in [1.165, 1.54) is 22.2 Å². The first-order valence-corrected chi connectivity index (χ1v) is 10.8. The third kappa shape index (κ3) is 4.38. The molecule has 0 bridgehead atoms. The highest BCUT2D eigenvalue weighted by atomic mass is 32.2. The van der Waals surface area contributed by atoms with E-state index in [9.17, 15) is 4.79 Å². The average molecular weight is 403 g/mol. The molecule has 1 amide bonds. The van der Waals surface area contributed by atoms with Crippen LogP contribution in [0.5, 0.6) is 0 Å². The number of rotatable bonds is 4. The predicted molar refractivity (Wildman–Crippen MR) is 121 cm³/mol. The Morgan fingerprint density at radius 1 is 0.893 bits per heavy atom. The number of aliphatic imine (C=N–C) groups is 1. The van der Waals surface area contributed by atoms with Gasteiger partial charge in [-0.3, -0.25) is 4.79 Å². The van der Waals surface area contributed by atoms with Crippen LogP contribution < -0.4 is 5.32 Å². The molecule has 1 aliphatic heterocycles. The summed E-state index contributed by atoms with van der Waals surface area (Å²) in [5.41, 5.74) is 4.15. The summed E-state index contributed by atoms with van der Waals surface area (Å²) < 4.78 is 0. The van der Waals surface area contributed by atoms with Gasteiger partial charge in [-0.15, -0.1) is 11.8 Å². The molecule has 1 N–H and O–H groups in total. The largest absolute Gasteiger partial charge is 0.300 e. The molecule has 0 radical (unpaired) electrons. The number of carbonyl (C=O) groups is 1. The summed E-state index contributed by atoms with van der Waals surface area (Å²) in [4.78, 5) is 18.6. The molecule has 1 fully saturated rings. The van der Waals surface area contributed by atoms with Crippen LogP contribution in [0.15, 0.2) is 93.7 Å². The number of nitrogens with zero attached hydrogens (tertiary/aromatic N) is 1. The van der Waals surface area contributed by atoms with Gasteiger partial charge in [0.2, 0.25) is 0 Å². The number of benzene rings is 3. The normalized spacial score (nSPS) is 16.5. The van der Waals surface area contributed by atoms with Crippen LogP contribution in [0.25, 0.3) is 17.2 Å². The Morgan fingerprint density at radius 3 is 2.18 bits per heavy atom. The summed E-state index contributed by atoms with van der Waals surface area (Å²) in [5, 5.41) is 3.43. The Hall–Kier alpha value is -2.76. The number of amidine groups is 1. The van der Waals surface area contributed by atoms with Gasteiger partial charge in [0.1, 0.15) is 0 Å². The van der Waals surface area contributed by atoms with Crippen LogP contribution in [-0.2, 0) is 4.79 Å². The second-order valence-electron chi connectivity index (χ2n) is 6.17. The standard InChI is InChI=1S/C23H18N2OS2/c1-27-20-13-11-18(12-14-20)17-9-7-16(8-10-17)15-21-22(26)25-23(28-21)24-19-5-3-2-4-6-19/h2-15H,1H3,(H,24,25,26)/b21-15+. The molecule has 4 rings (SSSR count). The van der Waals surface area contributed by atoms with E-state index in [0.29, 0.717) is 10.1 Å². The number of hydrogen-bond donors (Lipinski definition) is 1. The van der Waals surface area contributed by atoms with Gasteiger partial charge in [-0.2, -0.15) is 0 Å². The third-order valence-corrected chi connectivity index (χ3v) is 5.92. The lowest BCUT2D eigenvalue weighted by molar-refractivity contribution is -0.115. The molecule has 0 saturated carbocycles. The fourth-order valence-electron chi connectivity index (χ4n) is 2.81. The maximum Gasteiger partial charge on any atom is 0.264 e. The minimum atomic E-state index is -0.114. The van der Waals surface area contributed by atoms with E-state index >= 15 is 0 Å². The number of hydrogen-bond acceptors (Lipinski definition) is 4. The van der Waals surface area contributed by atoms with Crippen molar-refractivity contribution in [1.29, 1.82) is 0 Å². The molecule has 3 aromatic rings. The highest BCUT2D eigenvalue weighted by molar-refractivity contribution is 8.18. The zero-order valence-electron chi connectivity index (χ0n) is 15.3.